The van der Waals surface area contributed by atoms with E-state index in [1.165, 1.54) is 0 Å². The number of hydrogen-bond acceptors (Lipinski definition) is 4. The van der Waals surface area contributed by atoms with E-state index in [0.29, 0.717) is 13.1 Å². The molecule has 3 heterocycles. The molecule has 34 heavy (non-hydrogen) atoms. The predicted octanol–water partition coefficient (Wildman–Crippen LogP) is 5.86. The van der Waals surface area contributed by atoms with Crippen LogP contribution in [0.25, 0.3) is 33.6 Å². The number of imidazole rings is 2. The van der Waals surface area contributed by atoms with E-state index >= 15 is 0 Å². The molecule has 2 aromatic heterocycles. The second-order valence-electron chi connectivity index (χ2n) is 9.71. The van der Waals surface area contributed by atoms with Gasteiger partial charge in [-0.05, 0) is 49.4 Å². The Kier molecular flexibility index (Phi) is 5.69. The second kappa shape index (κ2) is 8.82. The number of aromatic nitrogens is 4. The van der Waals surface area contributed by atoms with E-state index in [4.69, 9.17) is 4.74 Å². The fourth-order valence-corrected chi connectivity index (χ4v) is 4.26. The van der Waals surface area contributed by atoms with E-state index in [-0.39, 0.29) is 12.0 Å². The number of H-pyrrole nitrogens is 2. The summed E-state index contributed by atoms with van der Waals surface area (Å²) in [6.07, 6.45) is 6.00. The van der Waals surface area contributed by atoms with Gasteiger partial charge in [0.2, 0.25) is 0 Å². The number of carbonyl (C=O) groups is 1. The molecule has 1 aliphatic heterocycles. The first-order valence-corrected chi connectivity index (χ1v) is 11.6. The lowest BCUT2D eigenvalue weighted by Crippen LogP contribution is -2.35. The van der Waals surface area contributed by atoms with Crippen LogP contribution in [0.5, 0.6) is 0 Å². The fourth-order valence-electron chi connectivity index (χ4n) is 4.26. The van der Waals surface area contributed by atoms with Crippen LogP contribution in [0.1, 0.15) is 38.9 Å². The third-order valence-corrected chi connectivity index (χ3v) is 6.05. The Bertz CT molecular complexity index is 1250. The molecule has 0 saturated carbocycles. The number of likely N-dealkylation sites (tertiary alicyclic amines) is 1. The maximum Gasteiger partial charge on any atom is 0.410 e. The summed E-state index contributed by atoms with van der Waals surface area (Å²) in [5.74, 6) is 1.11. The molecule has 1 atom stereocenters. The first-order valence-electron chi connectivity index (χ1n) is 11.6. The number of ether oxygens (including phenoxy) is 1. The number of benzene rings is 2. The summed E-state index contributed by atoms with van der Waals surface area (Å²) < 4.78 is 5.51. The zero-order chi connectivity index (χ0) is 23.7. The highest BCUT2D eigenvalue weighted by Crippen LogP contribution is 2.30. The van der Waals surface area contributed by atoms with Crippen LogP contribution in [0, 0.1) is 0 Å². The topological polar surface area (TPSA) is 86.9 Å². The zero-order valence-corrected chi connectivity index (χ0v) is 19.7. The number of carbonyl (C=O) groups excluding carboxylic acids is 1. The van der Waals surface area contributed by atoms with Gasteiger partial charge in [-0.25, -0.2) is 14.8 Å². The molecule has 0 spiro atoms. The van der Waals surface area contributed by atoms with Crippen molar-refractivity contribution in [1.29, 1.82) is 0 Å². The molecule has 1 unspecified atom stereocenters. The van der Waals surface area contributed by atoms with Crippen molar-refractivity contribution in [2.24, 2.45) is 0 Å². The fraction of sp³-hybridized carbons (Fsp3) is 0.296. The van der Waals surface area contributed by atoms with E-state index in [2.05, 4.69) is 68.5 Å². The minimum Gasteiger partial charge on any atom is -0.444 e. The molecule has 0 radical (unpaired) electrons. The van der Waals surface area contributed by atoms with Crippen molar-refractivity contribution < 1.29 is 9.53 Å². The number of nitrogens with zero attached hydrogens (tertiary/aromatic N) is 3. The van der Waals surface area contributed by atoms with Crippen molar-refractivity contribution in [1.82, 2.24) is 24.8 Å². The van der Waals surface area contributed by atoms with Gasteiger partial charge in [0.1, 0.15) is 11.4 Å². The molecule has 1 aliphatic rings. The van der Waals surface area contributed by atoms with Gasteiger partial charge in [-0.2, -0.15) is 0 Å². The van der Waals surface area contributed by atoms with Crippen LogP contribution >= 0.6 is 0 Å². The van der Waals surface area contributed by atoms with Gasteiger partial charge in [0, 0.05) is 19.0 Å². The molecule has 0 bridgehead atoms. The van der Waals surface area contributed by atoms with Gasteiger partial charge in [-0.3, -0.25) is 0 Å². The SMILES string of the molecule is CC(C)(C)OC(=O)N1CCC(c2ncc(-c3ccc(-c4ccc(-c5cnc[nH]5)cc4)cc3)[nH]2)C1. The lowest BCUT2D eigenvalue weighted by Gasteiger charge is -2.24. The monoisotopic (exact) mass is 455 g/mol. The average molecular weight is 456 g/mol. The Balaban J connectivity index is 1.25. The van der Waals surface area contributed by atoms with E-state index in [0.717, 1.165) is 45.9 Å². The number of amides is 1. The van der Waals surface area contributed by atoms with Crippen molar-refractivity contribution in [2.45, 2.75) is 38.7 Å². The van der Waals surface area contributed by atoms with Crippen LogP contribution in [0.4, 0.5) is 4.79 Å². The third kappa shape index (κ3) is 4.73. The van der Waals surface area contributed by atoms with E-state index in [9.17, 15) is 4.79 Å². The highest BCUT2D eigenvalue weighted by molar-refractivity contribution is 5.71. The summed E-state index contributed by atoms with van der Waals surface area (Å²) in [5, 5.41) is 0. The van der Waals surface area contributed by atoms with Crippen molar-refractivity contribution in [3.05, 3.63) is 73.1 Å². The standard InChI is InChI=1S/C27H29N5O2/c1-27(2,3)34-26(33)32-13-12-22(16-32)25-29-15-24(31-25)21-10-6-19(7-11-21)18-4-8-20(9-5-18)23-14-28-17-30-23/h4-11,14-15,17,22H,12-13,16H2,1-3H3,(H,28,30)(H,29,31). The molecule has 1 fully saturated rings. The lowest BCUT2D eigenvalue weighted by molar-refractivity contribution is 0.0292. The second-order valence-corrected chi connectivity index (χ2v) is 9.71. The lowest BCUT2D eigenvalue weighted by atomic mass is 10.0. The minimum atomic E-state index is -0.485. The van der Waals surface area contributed by atoms with Crippen LogP contribution in [-0.2, 0) is 4.74 Å². The van der Waals surface area contributed by atoms with Crippen LogP contribution in [0.2, 0.25) is 0 Å². The number of nitrogens with one attached hydrogen (secondary N) is 2. The third-order valence-electron chi connectivity index (χ3n) is 6.05. The smallest absolute Gasteiger partial charge is 0.410 e. The summed E-state index contributed by atoms with van der Waals surface area (Å²) in [4.78, 5) is 29.4. The molecule has 0 aliphatic carbocycles. The Labute approximate surface area is 199 Å². The van der Waals surface area contributed by atoms with Crippen molar-refractivity contribution >= 4 is 6.09 Å². The van der Waals surface area contributed by atoms with Gasteiger partial charge >= 0.3 is 6.09 Å². The maximum absolute atomic E-state index is 12.4. The predicted molar refractivity (Wildman–Crippen MR) is 132 cm³/mol. The number of hydrogen-bond donors (Lipinski definition) is 2. The van der Waals surface area contributed by atoms with Crippen LogP contribution in [-0.4, -0.2) is 49.6 Å². The van der Waals surface area contributed by atoms with Gasteiger partial charge in [0.25, 0.3) is 0 Å². The largest absolute Gasteiger partial charge is 0.444 e. The Hall–Kier alpha value is -3.87. The molecule has 1 amide bonds. The summed E-state index contributed by atoms with van der Waals surface area (Å²) >= 11 is 0. The van der Waals surface area contributed by atoms with E-state index < -0.39 is 5.60 Å². The molecular weight excluding hydrogens is 426 g/mol. The van der Waals surface area contributed by atoms with Gasteiger partial charge in [-0.15, -0.1) is 0 Å². The van der Waals surface area contributed by atoms with Crippen molar-refractivity contribution in [3.63, 3.8) is 0 Å². The number of aromatic amines is 2. The summed E-state index contributed by atoms with van der Waals surface area (Å²) in [5.41, 5.74) is 6.01. The summed E-state index contributed by atoms with van der Waals surface area (Å²) in [6, 6.07) is 16.9. The molecule has 174 valence electrons. The van der Waals surface area contributed by atoms with Crippen molar-refractivity contribution in [2.75, 3.05) is 13.1 Å². The van der Waals surface area contributed by atoms with Gasteiger partial charge < -0.3 is 19.6 Å². The average Bonchev–Trinajstić information content (AvgIpc) is 3.60. The Morgan fingerprint density at radius 1 is 0.941 bits per heavy atom. The molecule has 2 aromatic carbocycles. The molecule has 5 rings (SSSR count). The molecular formula is C27H29N5O2. The first-order chi connectivity index (χ1) is 16.4. The van der Waals surface area contributed by atoms with Gasteiger partial charge in [0.15, 0.2) is 0 Å². The first kappa shape index (κ1) is 21.9. The van der Waals surface area contributed by atoms with Crippen LogP contribution in [0.3, 0.4) is 0 Å². The summed E-state index contributed by atoms with van der Waals surface area (Å²) in [7, 11) is 0. The van der Waals surface area contributed by atoms with Gasteiger partial charge in [-0.1, -0.05) is 48.5 Å². The number of rotatable bonds is 4. The summed E-state index contributed by atoms with van der Waals surface area (Å²) in [6.45, 7) is 6.97. The zero-order valence-electron chi connectivity index (χ0n) is 19.7. The Morgan fingerprint density at radius 2 is 1.56 bits per heavy atom. The molecule has 4 aromatic rings. The van der Waals surface area contributed by atoms with Crippen LogP contribution in [0.15, 0.2) is 67.3 Å². The quantitative estimate of drug-likeness (QED) is 0.404. The molecule has 7 nitrogen and oxygen atoms in total. The molecule has 7 heteroatoms. The van der Waals surface area contributed by atoms with Crippen LogP contribution < -0.4 is 0 Å². The van der Waals surface area contributed by atoms with Crippen molar-refractivity contribution in [3.8, 4) is 33.6 Å². The highest BCUT2D eigenvalue weighted by atomic mass is 16.6. The molecule has 1 saturated heterocycles. The maximum atomic E-state index is 12.4. The Morgan fingerprint density at radius 3 is 2.15 bits per heavy atom. The van der Waals surface area contributed by atoms with E-state index in [1.807, 2.05) is 33.2 Å². The normalized spacial score (nSPS) is 16.1. The van der Waals surface area contributed by atoms with E-state index in [1.54, 1.807) is 11.2 Å². The minimum absolute atomic E-state index is 0.189. The highest BCUT2D eigenvalue weighted by Gasteiger charge is 2.31. The molecule has 2 N–H and O–H groups in total. The van der Waals surface area contributed by atoms with Gasteiger partial charge in [0.05, 0.1) is 30.1 Å².